The van der Waals surface area contributed by atoms with Gasteiger partial charge in [-0.15, -0.1) is 0 Å². The van der Waals surface area contributed by atoms with Gasteiger partial charge in [-0.1, -0.05) is 52.3 Å². The largest absolute Gasteiger partial charge is 0.424 e. The molecule has 3 fully saturated rings. The van der Waals surface area contributed by atoms with Crippen molar-refractivity contribution < 1.29 is 19.1 Å². The number of allylic oxidation sites excluding steroid dienone is 7. The summed E-state index contributed by atoms with van der Waals surface area (Å²) in [6.07, 6.45) is 13.6. The van der Waals surface area contributed by atoms with Crippen molar-refractivity contribution in [1.82, 2.24) is 0 Å². The maximum atomic E-state index is 13.0. The van der Waals surface area contributed by atoms with Crippen molar-refractivity contribution in [3.63, 3.8) is 0 Å². The first kappa shape index (κ1) is 24.5. The minimum atomic E-state index is -0.228. The molecule has 0 unspecified atom stereocenters. The van der Waals surface area contributed by atoms with Gasteiger partial charge in [-0.05, 0) is 98.2 Å². The van der Waals surface area contributed by atoms with Gasteiger partial charge in [0.25, 0.3) is 6.47 Å². The summed E-state index contributed by atoms with van der Waals surface area (Å²) in [5.41, 5.74) is 4.16. The molecule has 0 saturated heterocycles. The highest BCUT2D eigenvalue weighted by atomic mass is 16.5. The first-order chi connectivity index (χ1) is 16.3. The van der Waals surface area contributed by atoms with Gasteiger partial charge in [0.2, 0.25) is 5.78 Å². The van der Waals surface area contributed by atoms with E-state index in [-0.39, 0.29) is 38.6 Å². The average Bonchev–Trinajstić information content (AvgIpc) is 2.80. The van der Waals surface area contributed by atoms with Crippen molar-refractivity contribution in [3.8, 4) is 0 Å². The Morgan fingerprint density at radius 1 is 1.00 bits per heavy atom. The van der Waals surface area contributed by atoms with Crippen LogP contribution in [-0.2, 0) is 19.1 Å². The van der Waals surface area contributed by atoms with Gasteiger partial charge in [-0.3, -0.25) is 14.4 Å². The maximum Gasteiger partial charge on any atom is 0.298 e. The van der Waals surface area contributed by atoms with Crippen LogP contribution in [0, 0.1) is 33.0 Å². The summed E-state index contributed by atoms with van der Waals surface area (Å²) in [7, 11) is 0. The summed E-state index contributed by atoms with van der Waals surface area (Å²) in [5.74, 6) is 0.746. The summed E-state index contributed by atoms with van der Waals surface area (Å²) in [6, 6.07) is 0. The monoisotopic (exact) mass is 476 g/mol. The maximum absolute atomic E-state index is 13.0. The van der Waals surface area contributed by atoms with E-state index >= 15 is 0 Å². The second-order valence-electron chi connectivity index (χ2n) is 13.4. The van der Waals surface area contributed by atoms with Crippen LogP contribution in [-0.4, -0.2) is 18.0 Å². The molecular weight excluding hydrogens is 436 g/mol. The Morgan fingerprint density at radius 3 is 2.34 bits per heavy atom. The molecule has 0 aromatic heterocycles. The van der Waals surface area contributed by atoms with Gasteiger partial charge in [0.15, 0.2) is 5.76 Å². The lowest BCUT2D eigenvalue weighted by molar-refractivity contribution is -0.167. The van der Waals surface area contributed by atoms with Crippen LogP contribution in [0.3, 0.4) is 0 Å². The van der Waals surface area contributed by atoms with Crippen molar-refractivity contribution in [1.29, 1.82) is 0 Å². The third-order valence-electron chi connectivity index (χ3n) is 11.9. The highest BCUT2D eigenvalue weighted by Crippen LogP contribution is 2.75. The molecule has 5 aliphatic rings. The predicted molar refractivity (Wildman–Crippen MR) is 136 cm³/mol. The summed E-state index contributed by atoms with van der Waals surface area (Å²) in [6.45, 7) is 15.9. The number of carbonyl (C=O) groups is 3. The van der Waals surface area contributed by atoms with Crippen LogP contribution >= 0.6 is 0 Å². The fourth-order valence-electron chi connectivity index (χ4n) is 8.96. The molecule has 0 aromatic rings. The van der Waals surface area contributed by atoms with Gasteiger partial charge in [0.1, 0.15) is 5.78 Å². The first-order valence-corrected chi connectivity index (χ1v) is 13.3. The van der Waals surface area contributed by atoms with Gasteiger partial charge < -0.3 is 4.74 Å². The molecule has 35 heavy (non-hydrogen) atoms. The molecule has 5 aliphatic carbocycles. The molecule has 0 heterocycles. The van der Waals surface area contributed by atoms with E-state index < -0.39 is 0 Å². The fraction of sp³-hybridized carbons (Fsp3) is 0.645. The van der Waals surface area contributed by atoms with Gasteiger partial charge in [-0.25, -0.2) is 0 Å². The van der Waals surface area contributed by atoms with E-state index in [4.69, 9.17) is 4.74 Å². The summed E-state index contributed by atoms with van der Waals surface area (Å²) in [4.78, 5) is 36.7. The van der Waals surface area contributed by atoms with Gasteiger partial charge in [0, 0.05) is 16.4 Å². The lowest BCUT2D eigenvalue weighted by Gasteiger charge is -2.70. The zero-order valence-corrected chi connectivity index (χ0v) is 22.5. The van der Waals surface area contributed by atoms with E-state index in [1.807, 2.05) is 6.92 Å². The van der Waals surface area contributed by atoms with E-state index in [2.05, 4.69) is 46.8 Å². The molecule has 4 nitrogen and oxygen atoms in total. The number of hydrogen-bond acceptors (Lipinski definition) is 4. The highest BCUT2D eigenvalue weighted by Gasteiger charge is 2.67. The van der Waals surface area contributed by atoms with E-state index in [9.17, 15) is 14.4 Å². The molecule has 3 saturated carbocycles. The molecular formula is C31H40O4. The molecule has 0 N–H and O–H groups in total. The smallest absolute Gasteiger partial charge is 0.298 e. The van der Waals surface area contributed by atoms with Crippen molar-refractivity contribution in [3.05, 3.63) is 46.3 Å². The molecule has 0 radical (unpaired) electrons. The number of rotatable bonds is 3. The van der Waals surface area contributed by atoms with Crippen LogP contribution in [0.4, 0.5) is 0 Å². The Bertz CT molecular complexity index is 1170. The zero-order valence-electron chi connectivity index (χ0n) is 22.5. The van der Waals surface area contributed by atoms with Gasteiger partial charge in [-0.2, -0.15) is 0 Å². The standard InChI is InChI=1S/C31H40O4/c1-19-21-8-9-24-29(5,22(21)16-23(34)26(19)35-18-32)13-15-31(7)25-17-28(4,20(2)33)11-10-27(25,3)12-14-30(24,31)6/h8-9,16,18,25H,10-15,17H2,1-7H3/t25-,27-,28-,29+,30-,31+/m1/s1. The van der Waals surface area contributed by atoms with Crippen LogP contribution in [0.5, 0.6) is 0 Å². The van der Waals surface area contributed by atoms with Crippen molar-refractivity contribution in [2.45, 2.75) is 93.4 Å². The Balaban J connectivity index is 1.63. The van der Waals surface area contributed by atoms with Crippen LogP contribution in [0.15, 0.2) is 46.3 Å². The lowest BCUT2D eigenvalue weighted by Crippen LogP contribution is -2.62. The summed E-state index contributed by atoms with van der Waals surface area (Å²) >= 11 is 0. The van der Waals surface area contributed by atoms with Crippen LogP contribution in [0.1, 0.15) is 93.4 Å². The minimum Gasteiger partial charge on any atom is -0.424 e. The molecule has 6 atom stereocenters. The number of ether oxygens (including phenoxy) is 1. The van der Waals surface area contributed by atoms with E-state index in [1.54, 1.807) is 13.0 Å². The van der Waals surface area contributed by atoms with E-state index in [0.29, 0.717) is 18.2 Å². The molecule has 0 amide bonds. The second-order valence-corrected chi connectivity index (χ2v) is 13.4. The lowest BCUT2D eigenvalue weighted by atomic mass is 9.34. The minimum absolute atomic E-state index is 0.0116. The Kier molecular flexibility index (Phi) is 5.17. The first-order valence-electron chi connectivity index (χ1n) is 13.3. The second kappa shape index (κ2) is 7.40. The highest BCUT2D eigenvalue weighted by molar-refractivity contribution is 6.07. The van der Waals surface area contributed by atoms with Crippen LogP contribution < -0.4 is 0 Å². The number of carbonyl (C=O) groups excluding carboxylic acids is 3. The Morgan fingerprint density at radius 2 is 1.69 bits per heavy atom. The molecule has 0 aromatic carbocycles. The predicted octanol–water partition coefficient (Wildman–Crippen LogP) is 6.82. The molecule has 188 valence electrons. The van der Waals surface area contributed by atoms with Crippen molar-refractivity contribution in [2.24, 2.45) is 33.0 Å². The van der Waals surface area contributed by atoms with Crippen molar-refractivity contribution in [2.75, 3.05) is 0 Å². The number of hydrogen-bond donors (Lipinski definition) is 0. The van der Waals surface area contributed by atoms with Gasteiger partial charge in [0.05, 0.1) is 0 Å². The van der Waals surface area contributed by atoms with Gasteiger partial charge >= 0.3 is 0 Å². The third-order valence-corrected chi connectivity index (χ3v) is 11.9. The normalized spacial score (nSPS) is 44.6. The molecule has 0 bridgehead atoms. The summed E-state index contributed by atoms with van der Waals surface area (Å²) in [5, 5.41) is 0. The quantitative estimate of drug-likeness (QED) is 0.420. The SMILES string of the molecule is CC(=O)[C@]1(C)CC[C@]2(C)CC[C@]3(C)C4=CC=C5C(=CC(=O)C(OC=O)=C5C)[C@]4(C)CC[C@@]3(C)[C@@H]2C1. The van der Waals surface area contributed by atoms with E-state index in [1.165, 1.54) is 12.0 Å². The molecule has 4 heteroatoms. The Labute approximate surface area is 209 Å². The number of fused-ring (bicyclic) bond motifs is 7. The topological polar surface area (TPSA) is 60.4 Å². The fourth-order valence-corrected chi connectivity index (χ4v) is 8.96. The van der Waals surface area contributed by atoms with Crippen molar-refractivity contribution >= 4 is 18.0 Å². The number of Topliss-reactive ketones (excluding diaryl/α,β-unsaturated/α-hetero) is 1. The molecule has 0 spiro atoms. The zero-order chi connectivity index (χ0) is 25.6. The number of ketones is 2. The average molecular weight is 477 g/mol. The Hall–Kier alpha value is -2.23. The molecule has 0 aliphatic heterocycles. The summed E-state index contributed by atoms with van der Waals surface area (Å²) < 4.78 is 5.07. The molecule has 5 rings (SSSR count). The van der Waals surface area contributed by atoms with Crippen LogP contribution in [0.2, 0.25) is 0 Å². The third kappa shape index (κ3) is 3.01. The van der Waals surface area contributed by atoms with Crippen LogP contribution in [0.25, 0.3) is 0 Å². The van der Waals surface area contributed by atoms with E-state index in [0.717, 1.165) is 55.2 Å².